The summed E-state index contributed by atoms with van der Waals surface area (Å²) < 4.78 is 0. The predicted molar refractivity (Wildman–Crippen MR) is 57.5 cm³/mol. The number of aliphatic carboxylic acids is 1. The number of carboxylic acid groups (broad SMARTS) is 1. The Kier molecular flexibility index (Phi) is 6.37. The van der Waals surface area contributed by atoms with E-state index in [1.54, 1.807) is 24.9 Å². The Morgan fingerprint density at radius 3 is 2.60 bits per heavy atom. The molecule has 0 aliphatic rings. The van der Waals surface area contributed by atoms with Crippen LogP contribution in [0.5, 0.6) is 0 Å². The molecule has 0 aliphatic heterocycles. The normalized spacial score (nSPS) is 12.2. The van der Waals surface area contributed by atoms with E-state index in [4.69, 9.17) is 5.11 Å². The molecule has 86 valence electrons. The monoisotopic (exact) mass is 214 g/mol. The molecule has 0 fully saturated rings. The first-order valence-electron chi connectivity index (χ1n) is 4.77. The second-order valence-electron chi connectivity index (χ2n) is 3.40. The lowest BCUT2D eigenvalue weighted by Crippen LogP contribution is -2.39. The average molecular weight is 214 g/mol. The Morgan fingerprint density at radius 1 is 1.60 bits per heavy atom. The maximum Gasteiger partial charge on any atom is 0.307 e. The maximum absolute atomic E-state index is 11.1. The molecular formula is C10H18N2O3. The van der Waals surface area contributed by atoms with Crippen molar-refractivity contribution in [3.8, 4) is 0 Å². The zero-order valence-electron chi connectivity index (χ0n) is 9.19. The highest BCUT2D eigenvalue weighted by Crippen LogP contribution is 2.00. The molecule has 15 heavy (non-hydrogen) atoms. The number of carboxylic acids is 1. The van der Waals surface area contributed by atoms with E-state index >= 15 is 0 Å². The molecule has 0 saturated carbocycles. The topological polar surface area (TPSA) is 69.6 Å². The van der Waals surface area contributed by atoms with Gasteiger partial charge in [-0.1, -0.05) is 13.0 Å². The minimum absolute atomic E-state index is 0.130. The third-order valence-corrected chi connectivity index (χ3v) is 1.99. The zero-order valence-corrected chi connectivity index (χ0v) is 9.19. The third-order valence-electron chi connectivity index (χ3n) is 1.99. The van der Waals surface area contributed by atoms with Gasteiger partial charge in [0.15, 0.2) is 0 Å². The molecule has 0 aliphatic carbocycles. The Labute approximate surface area is 89.8 Å². The molecule has 1 atom stereocenters. The fourth-order valence-electron chi connectivity index (χ4n) is 1.13. The number of rotatable bonds is 7. The smallest absolute Gasteiger partial charge is 0.307 e. The fourth-order valence-corrected chi connectivity index (χ4v) is 1.13. The Bertz CT molecular complexity index is 241. The van der Waals surface area contributed by atoms with E-state index in [9.17, 15) is 9.59 Å². The van der Waals surface area contributed by atoms with Gasteiger partial charge in [-0.25, -0.2) is 0 Å². The van der Waals surface area contributed by atoms with Crippen molar-refractivity contribution in [3.05, 3.63) is 12.7 Å². The van der Waals surface area contributed by atoms with E-state index in [1.807, 2.05) is 0 Å². The molecule has 1 unspecified atom stereocenters. The molecule has 0 aromatic heterocycles. The summed E-state index contributed by atoms with van der Waals surface area (Å²) in [5.41, 5.74) is 0. The lowest BCUT2D eigenvalue weighted by atomic mass is 10.1. The number of hydrogen-bond donors (Lipinski definition) is 2. The molecule has 0 bridgehead atoms. The lowest BCUT2D eigenvalue weighted by molar-refractivity contribution is -0.142. The molecule has 5 heteroatoms. The SMILES string of the molecule is C=CCN(CC(=O)NC)CC(C)C(=O)O. The van der Waals surface area contributed by atoms with Gasteiger partial charge in [-0.15, -0.1) is 6.58 Å². The van der Waals surface area contributed by atoms with Crippen molar-refractivity contribution in [3.63, 3.8) is 0 Å². The van der Waals surface area contributed by atoms with E-state index < -0.39 is 11.9 Å². The number of carbonyl (C=O) groups is 2. The number of hydrogen-bond acceptors (Lipinski definition) is 3. The highest BCUT2D eigenvalue weighted by atomic mass is 16.4. The zero-order chi connectivity index (χ0) is 11.8. The van der Waals surface area contributed by atoms with Gasteiger partial charge >= 0.3 is 5.97 Å². The standard InChI is InChI=1S/C10H18N2O3/c1-4-5-12(7-9(13)11-3)6-8(2)10(14)15/h4,8H,1,5-7H2,2-3H3,(H,11,13)(H,14,15). The Morgan fingerprint density at radius 2 is 2.20 bits per heavy atom. The Hall–Kier alpha value is -1.36. The van der Waals surface area contributed by atoms with E-state index in [1.165, 1.54) is 0 Å². The van der Waals surface area contributed by atoms with Crippen molar-refractivity contribution in [2.45, 2.75) is 6.92 Å². The first-order valence-corrected chi connectivity index (χ1v) is 4.77. The van der Waals surface area contributed by atoms with Gasteiger partial charge in [0.2, 0.25) is 5.91 Å². The van der Waals surface area contributed by atoms with Gasteiger partial charge in [0, 0.05) is 20.1 Å². The highest BCUT2D eigenvalue weighted by molar-refractivity contribution is 5.77. The third kappa shape index (κ3) is 5.85. The molecule has 0 aromatic carbocycles. The van der Waals surface area contributed by atoms with Crippen molar-refractivity contribution in [2.24, 2.45) is 5.92 Å². The summed E-state index contributed by atoms with van der Waals surface area (Å²) in [7, 11) is 1.55. The number of likely N-dealkylation sites (N-methyl/N-ethyl adjacent to an activating group) is 1. The lowest BCUT2D eigenvalue weighted by Gasteiger charge is -2.21. The molecule has 0 radical (unpaired) electrons. The van der Waals surface area contributed by atoms with Crippen LogP contribution in [0.1, 0.15) is 6.92 Å². The van der Waals surface area contributed by atoms with E-state index in [2.05, 4.69) is 11.9 Å². The summed E-state index contributed by atoms with van der Waals surface area (Å²) in [5, 5.41) is 11.2. The average Bonchev–Trinajstić information content (AvgIpc) is 2.17. The van der Waals surface area contributed by atoms with Crippen LogP contribution in [0.15, 0.2) is 12.7 Å². The minimum Gasteiger partial charge on any atom is -0.481 e. The van der Waals surface area contributed by atoms with Gasteiger partial charge in [0.05, 0.1) is 12.5 Å². The van der Waals surface area contributed by atoms with Crippen molar-refractivity contribution in [1.29, 1.82) is 0 Å². The van der Waals surface area contributed by atoms with Crippen LogP contribution in [0, 0.1) is 5.92 Å². The van der Waals surface area contributed by atoms with Crippen LogP contribution in [-0.4, -0.2) is 48.6 Å². The van der Waals surface area contributed by atoms with Crippen LogP contribution in [0.4, 0.5) is 0 Å². The van der Waals surface area contributed by atoms with Crippen LogP contribution in [-0.2, 0) is 9.59 Å². The summed E-state index contributed by atoms with van der Waals surface area (Å²) >= 11 is 0. The largest absolute Gasteiger partial charge is 0.481 e. The summed E-state index contributed by atoms with van der Waals surface area (Å²) in [6, 6.07) is 0. The molecule has 0 spiro atoms. The molecule has 0 saturated heterocycles. The predicted octanol–water partition coefficient (Wildman–Crippen LogP) is -0.0589. The van der Waals surface area contributed by atoms with Gasteiger partial charge in [-0.2, -0.15) is 0 Å². The molecular weight excluding hydrogens is 196 g/mol. The number of carbonyl (C=O) groups excluding carboxylic acids is 1. The Balaban J connectivity index is 4.20. The molecule has 0 heterocycles. The second kappa shape index (κ2) is 7.00. The van der Waals surface area contributed by atoms with E-state index in [-0.39, 0.29) is 12.5 Å². The van der Waals surface area contributed by atoms with Crippen molar-refractivity contribution < 1.29 is 14.7 Å². The highest BCUT2D eigenvalue weighted by Gasteiger charge is 2.16. The van der Waals surface area contributed by atoms with Crippen LogP contribution in [0.2, 0.25) is 0 Å². The first kappa shape index (κ1) is 13.6. The van der Waals surface area contributed by atoms with Crippen molar-refractivity contribution in [1.82, 2.24) is 10.2 Å². The molecule has 2 N–H and O–H groups in total. The van der Waals surface area contributed by atoms with Crippen LogP contribution < -0.4 is 5.32 Å². The summed E-state index contributed by atoms with van der Waals surface area (Å²) in [5.74, 6) is -1.48. The van der Waals surface area contributed by atoms with Gasteiger partial charge in [0.1, 0.15) is 0 Å². The summed E-state index contributed by atoms with van der Waals surface area (Å²) in [4.78, 5) is 23.5. The maximum atomic E-state index is 11.1. The van der Waals surface area contributed by atoms with Gasteiger partial charge in [-0.05, 0) is 0 Å². The molecule has 0 aromatic rings. The van der Waals surface area contributed by atoms with Gasteiger partial charge in [0.25, 0.3) is 0 Å². The minimum atomic E-state index is -0.860. The molecule has 0 rings (SSSR count). The van der Waals surface area contributed by atoms with Crippen LogP contribution >= 0.6 is 0 Å². The van der Waals surface area contributed by atoms with Crippen molar-refractivity contribution >= 4 is 11.9 Å². The quantitative estimate of drug-likeness (QED) is 0.583. The van der Waals surface area contributed by atoms with E-state index in [0.29, 0.717) is 13.1 Å². The number of amides is 1. The van der Waals surface area contributed by atoms with Crippen LogP contribution in [0.3, 0.4) is 0 Å². The first-order chi connectivity index (χ1) is 7.01. The van der Waals surface area contributed by atoms with E-state index in [0.717, 1.165) is 0 Å². The summed E-state index contributed by atoms with van der Waals surface area (Å²) in [6.07, 6.45) is 1.65. The van der Waals surface area contributed by atoms with Gasteiger partial charge in [-0.3, -0.25) is 14.5 Å². The fraction of sp³-hybridized carbons (Fsp3) is 0.600. The second-order valence-corrected chi connectivity index (χ2v) is 3.40. The molecule has 5 nitrogen and oxygen atoms in total. The number of nitrogens with one attached hydrogen (secondary N) is 1. The summed E-state index contributed by atoms with van der Waals surface area (Å²) in [6.45, 7) is 6.22. The van der Waals surface area contributed by atoms with Gasteiger partial charge < -0.3 is 10.4 Å². The number of nitrogens with zero attached hydrogens (tertiary/aromatic N) is 1. The van der Waals surface area contributed by atoms with Crippen molar-refractivity contribution in [2.75, 3.05) is 26.7 Å². The molecule has 1 amide bonds. The van der Waals surface area contributed by atoms with Crippen LogP contribution in [0.25, 0.3) is 0 Å².